The van der Waals surface area contributed by atoms with Gasteiger partial charge in [-0.2, -0.15) is 0 Å². The fourth-order valence-electron chi connectivity index (χ4n) is 5.25. The molecule has 2 atom stereocenters. The van der Waals surface area contributed by atoms with Crippen molar-refractivity contribution in [2.75, 3.05) is 13.1 Å². The van der Waals surface area contributed by atoms with Crippen LogP contribution < -0.4 is 10.6 Å². The summed E-state index contributed by atoms with van der Waals surface area (Å²) in [5.41, 5.74) is 2.82. The van der Waals surface area contributed by atoms with Crippen LogP contribution in [0, 0.1) is 5.41 Å². The first-order valence-electron chi connectivity index (χ1n) is 13.7. The van der Waals surface area contributed by atoms with E-state index < -0.39 is 5.67 Å². The van der Waals surface area contributed by atoms with Gasteiger partial charge in [0.25, 0.3) is 5.91 Å². The molecule has 0 radical (unpaired) electrons. The molecule has 1 aliphatic heterocycles. The summed E-state index contributed by atoms with van der Waals surface area (Å²) in [6.07, 6.45) is 2.86. The Kier molecular flexibility index (Phi) is 7.67. The Labute approximate surface area is 230 Å². The van der Waals surface area contributed by atoms with Crippen LogP contribution in [0.25, 0.3) is 11.3 Å². The number of nitrogens with one attached hydrogen (secondary N) is 2. The molecule has 2 heterocycles. The van der Waals surface area contributed by atoms with E-state index in [1.165, 1.54) is 0 Å². The lowest BCUT2D eigenvalue weighted by Gasteiger charge is -2.31. The van der Waals surface area contributed by atoms with E-state index in [0.717, 1.165) is 28.2 Å². The Balaban J connectivity index is 1.46. The molecule has 0 unspecified atom stereocenters. The van der Waals surface area contributed by atoms with E-state index in [9.17, 15) is 4.79 Å². The summed E-state index contributed by atoms with van der Waals surface area (Å²) < 4.78 is 17.3. The van der Waals surface area contributed by atoms with Gasteiger partial charge in [-0.05, 0) is 41.6 Å². The van der Waals surface area contributed by atoms with Gasteiger partial charge in [-0.1, -0.05) is 93.6 Å². The van der Waals surface area contributed by atoms with Crippen molar-refractivity contribution in [1.82, 2.24) is 20.2 Å². The summed E-state index contributed by atoms with van der Waals surface area (Å²) in [5.74, 6) is 0.610. The molecular weight excluding hydrogens is 487 g/mol. The number of rotatable bonds is 8. The zero-order valence-corrected chi connectivity index (χ0v) is 23.0. The van der Waals surface area contributed by atoms with Crippen molar-refractivity contribution in [3.05, 3.63) is 114 Å². The molecule has 3 aromatic carbocycles. The van der Waals surface area contributed by atoms with Crippen LogP contribution in [-0.2, 0) is 13.0 Å². The fourth-order valence-corrected chi connectivity index (χ4v) is 5.25. The smallest absolute Gasteiger partial charge is 0.251 e. The molecule has 5 nitrogen and oxygen atoms in total. The zero-order valence-electron chi connectivity index (χ0n) is 23.0. The lowest BCUT2D eigenvalue weighted by Crippen LogP contribution is -2.38. The van der Waals surface area contributed by atoms with E-state index in [1.807, 2.05) is 66.7 Å². The van der Waals surface area contributed by atoms with Crippen molar-refractivity contribution in [1.29, 1.82) is 0 Å². The average Bonchev–Trinajstić information content (AvgIpc) is 3.54. The van der Waals surface area contributed by atoms with Crippen molar-refractivity contribution in [2.24, 2.45) is 5.41 Å². The number of carbonyl (C=O) groups is 1. The number of hydrogen-bond donors (Lipinski definition) is 2. The van der Waals surface area contributed by atoms with Gasteiger partial charge >= 0.3 is 0 Å². The predicted octanol–water partition coefficient (Wildman–Crippen LogP) is 6.36. The van der Waals surface area contributed by atoms with Gasteiger partial charge < -0.3 is 15.2 Å². The maximum atomic E-state index is 15.1. The number of halogens is 1. The monoisotopic (exact) mass is 524 g/mol. The topological polar surface area (TPSA) is 59.0 Å². The molecule has 1 amide bonds. The van der Waals surface area contributed by atoms with Crippen molar-refractivity contribution in [2.45, 2.75) is 51.9 Å². The number of benzene rings is 3. The van der Waals surface area contributed by atoms with Crippen molar-refractivity contribution < 1.29 is 9.18 Å². The van der Waals surface area contributed by atoms with Crippen LogP contribution >= 0.6 is 0 Å². The number of nitrogens with zero attached hydrogens (tertiary/aromatic N) is 2. The predicted molar refractivity (Wildman–Crippen MR) is 154 cm³/mol. The molecule has 4 aromatic rings. The van der Waals surface area contributed by atoms with E-state index in [0.29, 0.717) is 38.0 Å². The van der Waals surface area contributed by atoms with Crippen LogP contribution in [-0.4, -0.2) is 34.2 Å². The average molecular weight is 525 g/mol. The van der Waals surface area contributed by atoms with Crippen molar-refractivity contribution >= 4 is 5.91 Å². The SMILES string of the molecule is CC(C)(C)[C@@H](NC(=O)c1cccc(C[C@@]2(F)CCNC2)c1)c1nc(-c2ccccc2)cn1Cc1ccccc1. The van der Waals surface area contributed by atoms with Gasteiger partial charge in [0.05, 0.1) is 11.7 Å². The second-order valence-corrected chi connectivity index (χ2v) is 11.7. The molecular formula is C33H37FN4O. The first-order chi connectivity index (χ1) is 18.7. The Bertz CT molecular complexity index is 1400. The lowest BCUT2D eigenvalue weighted by atomic mass is 9.85. The number of amides is 1. The van der Waals surface area contributed by atoms with Crippen LogP contribution in [0.4, 0.5) is 4.39 Å². The van der Waals surface area contributed by atoms with Gasteiger partial charge in [0.2, 0.25) is 0 Å². The molecule has 1 aromatic heterocycles. The van der Waals surface area contributed by atoms with Gasteiger partial charge in [-0.25, -0.2) is 9.37 Å². The lowest BCUT2D eigenvalue weighted by molar-refractivity contribution is 0.0895. The van der Waals surface area contributed by atoms with Crippen molar-refractivity contribution in [3.8, 4) is 11.3 Å². The second kappa shape index (κ2) is 11.1. The first-order valence-corrected chi connectivity index (χ1v) is 13.7. The molecule has 39 heavy (non-hydrogen) atoms. The molecule has 5 rings (SSSR count). The summed E-state index contributed by atoms with van der Waals surface area (Å²) in [6, 6.07) is 27.4. The maximum Gasteiger partial charge on any atom is 0.251 e. The minimum absolute atomic E-state index is 0.190. The Morgan fingerprint density at radius 3 is 2.38 bits per heavy atom. The van der Waals surface area contributed by atoms with Crippen LogP contribution in [0.2, 0.25) is 0 Å². The third-order valence-electron chi connectivity index (χ3n) is 7.37. The summed E-state index contributed by atoms with van der Waals surface area (Å²) >= 11 is 0. The third-order valence-corrected chi connectivity index (χ3v) is 7.37. The number of hydrogen-bond acceptors (Lipinski definition) is 3. The highest BCUT2D eigenvalue weighted by Crippen LogP contribution is 2.35. The second-order valence-electron chi connectivity index (χ2n) is 11.7. The van der Waals surface area contributed by atoms with Gasteiger partial charge in [0.1, 0.15) is 11.5 Å². The van der Waals surface area contributed by atoms with Crippen LogP contribution in [0.5, 0.6) is 0 Å². The van der Waals surface area contributed by atoms with Gasteiger partial charge in [0, 0.05) is 36.8 Å². The van der Waals surface area contributed by atoms with Gasteiger partial charge in [-0.3, -0.25) is 4.79 Å². The summed E-state index contributed by atoms with van der Waals surface area (Å²) in [4.78, 5) is 18.7. The molecule has 1 aliphatic rings. The standard InChI is InChI=1S/C33H37FN4O/c1-32(2,3)29(37-31(39)27-16-10-13-25(19-27)20-33(34)17-18-35-23-33)30-36-28(26-14-8-5-9-15-26)22-38(30)21-24-11-6-4-7-12-24/h4-16,19,22,29,35H,17-18,20-21,23H2,1-3H3,(H,37,39)/t29-,33-/m0/s1. The van der Waals surface area contributed by atoms with E-state index in [4.69, 9.17) is 4.98 Å². The van der Waals surface area contributed by atoms with E-state index in [1.54, 1.807) is 6.07 Å². The fraction of sp³-hybridized carbons (Fsp3) is 0.333. The molecule has 0 saturated carbocycles. The zero-order chi connectivity index (χ0) is 27.5. The van der Waals surface area contributed by atoms with Crippen LogP contribution in [0.15, 0.2) is 91.1 Å². The molecule has 202 valence electrons. The molecule has 0 aliphatic carbocycles. The van der Waals surface area contributed by atoms with E-state index in [2.05, 4.69) is 54.3 Å². The molecule has 6 heteroatoms. The summed E-state index contributed by atoms with van der Waals surface area (Å²) in [6.45, 7) is 8.00. The Morgan fingerprint density at radius 2 is 1.72 bits per heavy atom. The number of aromatic nitrogens is 2. The summed E-state index contributed by atoms with van der Waals surface area (Å²) in [7, 11) is 0. The van der Waals surface area contributed by atoms with Gasteiger partial charge in [0.15, 0.2) is 0 Å². The highest BCUT2D eigenvalue weighted by atomic mass is 19.1. The van der Waals surface area contributed by atoms with Crippen molar-refractivity contribution in [3.63, 3.8) is 0 Å². The first kappa shape index (κ1) is 26.8. The molecule has 2 N–H and O–H groups in total. The minimum Gasteiger partial charge on any atom is -0.342 e. The van der Waals surface area contributed by atoms with Crippen LogP contribution in [0.3, 0.4) is 0 Å². The summed E-state index contributed by atoms with van der Waals surface area (Å²) in [5, 5.41) is 6.39. The number of alkyl halides is 1. The number of carbonyl (C=O) groups excluding carboxylic acids is 1. The highest BCUT2D eigenvalue weighted by Gasteiger charge is 2.35. The largest absolute Gasteiger partial charge is 0.342 e. The maximum absolute atomic E-state index is 15.1. The molecule has 1 saturated heterocycles. The minimum atomic E-state index is -1.26. The quantitative estimate of drug-likeness (QED) is 0.282. The normalized spacial score (nSPS) is 18.2. The van der Waals surface area contributed by atoms with E-state index in [-0.39, 0.29) is 17.4 Å². The third kappa shape index (κ3) is 6.45. The Morgan fingerprint density at radius 1 is 1.03 bits per heavy atom. The highest BCUT2D eigenvalue weighted by molar-refractivity contribution is 5.94. The molecule has 1 fully saturated rings. The van der Waals surface area contributed by atoms with Crippen LogP contribution in [0.1, 0.15) is 60.5 Å². The van der Waals surface area contributed by atoms with E-state index >= 15 is 4.39 Å². The Hall–Kier alpha value is -3.77. The molecule has 0 spiro atoms. The van der Waals surface area contributed by atoms with Gasteiger partial charge in [-0.15, -0.1) is 0 Å². The number of imidazole rings is 1. The molecule has 0 bridgehead atoms.